The van der Waals surface area contributed by atoms with Gasteiger partial charge in [-0.25, -0.2) is 0 Å². The topological polar surface area (TPSA) is 26.3 Å². The summed E-state index contributed by atoms with van der Waals surface area (Å²) < 4.78 is 5.06. The molecule has 0 radical (unpaired) electrons. The van der Waals surface area contributed by atoms with Crippen molar-refractivity contribution in [3.63, 3.8) is 0 Å². The second kappa shape index (κ2) is 11.3. The van der Waals surface area contributed by atoms with Crippen LogP contribution in [0, 0.1) is 0 Å². The van der Waals surface area contributed by atoms with Crippen molar-refractivity contribution in [1.29, 1.82) is 0 Å². The van der Waals surface area contributed by atoms with Gasteiger partial charge in [0.15, 0.2) is 0 Å². The first-order valence-electron chi connectivity index (χ1n) is 6.08. The highest BCUT2D eigenvalue weighted by atomic mass is 16.5. The number of allylic oxidation sites excluding steroid dienone is 1. The molecular weight excluding hydrogens is 188 g/mol. The third-order valence-corrected chi connectivity index (χ3v) is 2.28. The van der Waals surface area contributed by atoms with E-state index in [1.807, 2.05) is 19.1 Å². The molecule has 0 saturated carbocycles. The van der Waals surface area contributed by atoms with Crippen LogP contribution in [-0.4, -0.2) is 12.6 Å². The summed E-state index contributed by atoms with van der Waals surface area (Å²) in [6.07, 6.45) is 11.5. The van der Waals surface area contributed by atoms with Gasteiger partial charge in [-0.05, 0) is 13.3 Å². The molecule has 0 spiro atoms. The van der Waals surface area contributed by atoms with Gasteiger partial charge in [0.1, 0.15) is 0 Å². The molecule has 0 unspecified atom stereocenters. The highest BCUT2D eigenvalue weighted by Crippen LogP contribution is 2.05. The Morgan fingerprint density at radius 3 is 2.47 bits per heavy atom. The SMILES string of the molecule is C/C=C\CC(=O)OCCCCCCCC. The van der Waals surface area contributed by atoms with E-state index in [0.29, 0.717) is 13.0 Å². The van der Waals surface area contributed by atoms with Gasteiger partial charge in [0.05, 0.1) is 13.0 Å². The van der Waals surface area contributed by atoms with Crippen LogP contribution >= 0.6 is 0 Å². The standard InChI is InChI=1S/C13H24O2/c1-3-5-7-8-9-10-12-15-13(14)11-6-4-2/h4,6H,3,5,7-12H2,1-2H3/b6-4-. The van der Waals surface area contributed by atoms with E-state index >= 15 is 0 Å². The van der Waals surface area contributed by atoms with Crippen molar-refractivity contribution in [2.24, 2.45) is 0 Å². The molecule has 0 aliphatic rings. The van der Waals surface area contributed by atoms with Crippen LogP contribution in [-0.2, 0) is 9.53 Å². The Labute approximate surface area is 93.7 Å². The highest BCUT2D eigenvalue weighted by Gasteiger charge is 1.98. The molecule has 0 heterocycles. The first-order valence-corrected chi connectivity index (χ1v) is 6.08. The highest BCUT2D eigenvalue weighted by molar-refractivity contribution is 5.71. The maximum atomic E-state index is 11.1. The predicted molar refractivity (Wildman–Crippen MR) is 63.8 cm³/mol. The zero-order valence-electron chi connectivity index (χ0n) is 10.1. The lowest BCUT2D eigenvalue weighted by Crippen LogP contribution is -2.04. The van der Waals surface area contributed by atoms with Crippen molar-refractivity contribution in [3.05, 3.63) is 12.2 Å². The van der Waals surface area contributed by atoms with Gasteiger partial charge in [0.2, 0.25) is 0 Å². The minimum atomic E-state index is -0.110. The van der Waals surface area contributed by atoms with Crippen LogP contribution in [0.15, 0.2) is 12.2 Å². The normalized spacial score (nSPS) is 10.8. The zero-order chi connectivity index (χ0) is 11.4. The second-order valence-electron chi connectivity index (χ2n) is 3.76. The van der Waals surface area contributed by atoms with Gasteiger partial charge < -0.3 is 4.74 Å². The molecule has 0 aromatic rings. The fraction of sp³-hybridized carbons (Fsp3) is 0.769. The molecule has 0 amide bonds. The number of carbonyl (C=O) groups excluding carboxylic acids is 1. The van der Waals surface area contributed by atoms with Crippen molar-refractivity contribution in [2.45, 2.75) is 58.8 Å². The van der Waals surface area contributed by atoms with Crippen molar-refractivity contribution >= 4 is 5.97 Å². The molecular formula is C13H24O2. The van der Waals surface area contributed by atoms with Crippen LogP contribution in [0.2, 0.25) is 0 Å². The number of unbranched alkanes of at least 4 members (excludes halogenated alkanes) is 5. The van der Waals surface area contributed by atoms with Gasteiger partial charge in [0.25, 0.3) is 0 Å². The molecule has 0 fully saturated rings. The quantitative estimate of drug-likeness (QED) is 0.329. The third kappa shape index (κ3) is 11.1. The molecule has 0 aromatic heterocycles. The largest absolute Gasteiger partial charge is 0.465 e. The average molecular weight is 212 g/mol. The molecule has 0 aliphatic heterocycles. The van der Waals surface area contributed by atoms with Crippen LogP contribution in [0.4, 0.5) is 0 Å². The van der Waals surface area contributed by atoms with E-state index in [4.69, 9.17) is 4.74 Å². The van der Waals surface area contributed by atoms with Gasteiger partial charge in [0, 0.05) is 0 Å². The van der Waals surface area contributed by atoms with Crippen molar-refractivity contribution in [1.82, 2.24) is 0 Å². The lowest BCUT2D eigenvalue weighted by atomic mass is 10.1. The zero-order valence-corrected chi connectivity index (χ0v) is 10.1. The van der Waals surface area contributed by atoms with Gasteiger partial charge >= 0.3 is 5.97 Å². The molecule has 0 saturated heterocycles. The lowest BCUT2D eigenvalue weighted by Gasteiger charge is -2.02. The second-order valence-corrected chi connectivity index (χ2v) is 3.76. The Kier molecular flexibility index (Phi) is 10.7. The molecule has 2 heteroatoms. The summed E-state index contributed by atoms with van der Waals surface area (Å²) in [4.78, 5) is 11.1. The van der Waals surface area contributed by atoms with E-state index in [1.54, 1.807) is 0 Å². The van der Waals surface area contributed by atoms with E-state index in [0.717, 1.165) is 6.42 Å². The fourth-order valence-corrected chi connectivity index (χ4v) is 1.34. The van der Waals surface area contributed by atoms with Crippen molar-refractivity contribution in [3.8, 4) is 0 Å². The summed E-state index contributed by atoms with van der Waals surface area (Å²) in [6, 6.07) is 0. The Balaban J connectivity index is 3.13. The molecule has 0 atom stereocenters. The Hall–Kier alpha value is -0.790. The van der Waals surface area contributed by atoms with Gasteiger partial charge in [-0.2, -0.15) is 0 Å². The summed E-state index contributed by atoms with van der Waals surface area (Å²) in [5.74, 6) is -0.110. The first kappa shape index (κ1) is 14.2. The Bertz CT molecular complexity index is 173. The van der Waals surface area contributed by atoms with Crippen LogP contribution in [0.3, 0.4) is 0 Å². The number of hydrogen-bond acceptors (Lipinski definition) is 2. The number of ether oxygens (including phenoxy) is 1. The summed E-state index contributed by atoms with van der Waals surface area (Å²) in [5.41, 5.74) is 0. The van der Waals surface area contributed by atoms with Crippen LogP contribution in [0.1, 0.15) is 58.8 Å². The molecule has 0 bridgehead atoms. The van der Waals surface area contributed by atoms with Crippen LogP contribution in [0.25, 0.3) is 0 Å². The van der Waals surface area contributed by atoms with Gasteiger partial charge in [-0.15, -0.1) is 0 Å². The van der Waals surface area contributed by atoms with E-state index < -0.39 is 0 Å². The molecule has 15 heavy (non-hydrogen) atoms. The number of esters is 1. The van der Waals surface area contributed by atoms with Crippen LogP contribution < -0.4 is 0 Å². The van der Waals surface area contributed by atoms with E-state index in [-0.39, 0.29) is 5.97 Å². The number of rotatable bonds is 9. The Morgan fingerprint density at radius 1 is 1.13 bits per heavy atom. The molecule has 88 valence electrons. The summed E-state index contributed by atoms with van der Waals surface area (Å²) in [6.45, 7) is 4.70. The number of hydrogen-bond donors (Lipinski definition) is 0. The summed E-state index contributed by atoms with van der Waals surface area (Å²) in [5, 5.41) is 0. The monoisotopic (exact) mass is 212 g/mol. The molecule has 0 aromatic carbocycles. The van der Waals surface area contributed by atoms with E-state index in [9.17, 15) is 4.79 Å². The van der Waals surface area contributed by atoms with E-state index in [2.05, 4.69) is 6.92 Å². The molecule has 0 aliphatic carbocycles. The van der Waals surface area contributed by atoms with Gasteiger partial charge in [-0.3, -0.25) is 4.79 Å². The fourth-order valence-electron chi connectivity index (χ4n) is 1.34. The average Bonchev–Trinajstić information content (AvgIpc) is 2.25. The number of carbonyl (C=O) groups is 1. The van der Waals surface area contributed by atoms with E-state index in [1.165, 1.54) is 32.1 Å². The maximum absolute atomic E-state index is 11.1. The third-order valence-electron chi connectivity index (χ3n) is 2.28. The summed E-state index contributed by atoms with van der Waals surface area (Å²) in [7, 11) is 0. The molecule has 0 N–H and O–H groups in total. The smallest absolute Gasteiger partial charge is 0.309 e. The van der Waals surface area contributed by atoms with Gasteiger partial charge in [-0.1, -0.05) is 51.2 Å². The van der Waals surface area contributed by atoms with Crippen molar-refractivity contribution < 1.29 is 9.53 Å². The summed E-state index contributed by atoms with van der Waals surface area (Å²) >= 11 is 0. The minimum Gasteiger partial charge on any atom is -0.465 e. The maximum Gasteiger partial charge on any atom is 0.309 e. The minimum absolute atomic E-state index is 0.110. The lowest BCUT2D eigenvalue weighted by molar-refractivity contribution is -0.142. The predicted octanol–water partition coefficient (Wildman–Crippen LogP) is 3.86. The molecule has 2 nitrogen and oxygen atoms in total. The van der Waals surface area contributed by atoms with Crippen LogP contribution in [0.5, 0.6) is 0 Å². The first-order chi connectivity index (χ1) is 7.31. The van der Waals surface area contributed by atoms with Crippen molar-refractivity contribution in [2.75, 3.05) is 6.61 Å². The molecule has 0 rings (SSSR count). The Morgan fingerprint density at radius 2 is 1.80 bits per heavy atom.